The first-order valence-corrected chi connectivity index (χ1v) is 5.61. The molecule has 80 valence electrons. The van der Waals surface area contributed by atoms with Gasteiger partial charge >= 0.3 is 0 Å². The molecule has 1 rings (SSSR count). The number of thioether (sulfide) groups is 1. The number of hydrazone groups is 1. The average Bonchev–Trinajstić information content (AvgIpc) is 2.18. The van der Waals surface area contributed by atoms with E-state index in [-0.39, 0.29) is 0 Å². The van der Waals surface area contributed by atoms with E-state index >= 15 is 0 Å². The molecule has 0 N–H and O–H groups in total. The minimum Gasteiger partial charge on any atom is -0.303 e. The molecule has 1 aromatic rings. The minimum absolute atomic E-state index is 1.23. The third-order valence-electron chi connectivity index (χ3n) is 1.63. The van der Waals surface area contributed by atoms with E-state index in [1.165, 1.54) is 9.80 Å². The molecule has 1 aromatic carbocycles. The summed E-state index contributed by atoms with van der Waals surface area (Å²) in [7, 11) is 3.81. The summed E-state index contributed by atoms with van der Waals surface area (Å²) in [6.07, 6.45) is 3.82. The van der Waals surface area contributed by atoms with Gasteiger partial charge in [0.1, 0.15) is 0 Å². The van der Waals surface area contributed by atoms with Gasteiger partial charge in [-0.1, -0.05) is 30.0 Å². The fraction of sp³-hybridized carbons (Fsp3) is 0.250. The van der Waals surface area contributed by atoms with Crippen LogP contribution < -0.4 is 0 Å². The molecule has 15 heavy (non-hydrogen) atoms. The van der Waals surface area contributed by atoms with Crippen molar-refractivity contribution >= 4 is 18.0 Å². The lowest BCUT2D eigenvalue weighted by molar-refractivity contribution is 0.440. The zero-order valence-corrected chi connectivity index (χ0v) is 10.2. The van der Waals surface area contributed by atoms with Crippen molar-refractivity contribution in [1.29, 1.82) is 0 Å². The van der Waals surface area contributed by atoms with Crippen LogP contribution in [0.25, 0.3) is 0 Å². The van der Waals surface area contributed by atoms with Crippen molar-refractivity contribution in [3.05, 3.63) is 41.3 Å². The van der Waals surface area contributed by atoms with Crippen LogP contribution in [0.3, 0.4) is 0 Å². The topological polar surface area (TPSA) is 15.6 Å². The maximum atomic E-state index is 4.12. The molecule has 0 heterocycles. The molecule has 0 atom stereocenters. The lowest BCUT2D eigenvalue weighted by atomic mass is 10.4. The summed E-state index contributed by atoms with van der Waals surface area (Å²) in [5.74, 6) is 0. The highest BCUT2D eigenvalue weighted by atomic mass is 32.2. The van der Waals surface area contributed by atoms with Crippen LogP contribution in [0.1, 0.15) is 6.92 Å². The van der Waals surface area contributed by atoms with Crippen molar-refractivity contribution in [2.75, 3.05) is 14.1 Å². The predicted octanol–water partition coefficient (Wildman–Crippen LogP) is 3.23. The highest BCUT2D eigenvalue weighted by Gasteiger charge is 1.92. The molecule has 0 aromatic heterocycles. The first-order chi connectivity index (χ1) is 7.18. The molecule has 0 amide bonds. The van der Waals surface area contributed by atoms with Gasteiger partial charge in [-0.15, -0.1) is 0 Å². The van der Waals surface area contributed by atoms with Gasteiger partial charge in [0.15, 0.2) is 0 Å². The van der Waals surface area contributed by atoms with E-state index < -0.39 is 0 Å². The third kappa shape index (κ3) is 5.27. The Hall–Kier alpha value is -1.22. The Balaban J connectivity index is 2.52. The number of rotatable bonds is 4. The van der Waals surface area contributed by atoms with Gasteiger partial charge < -0.3 is 5.01 Å². The number of nitrogens with zero attached hydrogens (tertiary/aromatic N) is 2. The zero-order chi connectivity index (χ0) is 11.1. The number of allylic oxidation sites excluding steroid dienone is 2. The standard InChI is InChI=1S/C12H16N2S/c1-11(9-10-13-14(2)3)15-12-7-5-4-6-8-12/h4-10H,1-3H3/b11-9+,13-10+. The van der Waals surface area contributed by atoms with Crippen molar-refractivity contribution in [1.82, 2.24) is 5.01 Å². The summed E-state index contributed by atoms with van der Waals surface area (Å²) >= 11 is 1.75. The number of hydrogen-bond acceptors (Lipinski definition) is 3. The van der Waals surface area contributed by atoms with Gasteiger partial charge in [-0.25, -0.2) is 0 Å². The van der Waals surface area contributed by atoms with Crippen LogP contribution in [-0.4, -0.2) is 25.3 Å². The second-order valence-electron chi connectivity index (χ2n) is 3.30. The van der Waals surface area contributed by atoms with Crippen molar-refractivity contribution in [3.8, 4) is 0 Å². The Kier molecular flexibility index (Phi) is 4.98. The number of benzene rings is 1. The molecular formula is C12H16N2S. The maximum Gasteiger partial charge on any atom is 0.0478 e. The Labute approximate surface area is 95.7 Å². The molecule has 0 saturated carbocycles. The van der Waals surface area contributed by atoms with Gasteiger partial charge in [-0.2, -0.15) is 5.10 Å². The van der Waals surface area contributed by atoms with Crippen LogP contribution in [0, 0.1) is 0 Å². The molecule has 0 unspecified atom stereocenters. The van der Waals surface area contributed by atoms with Crippen molar-refractivity contribution in [3.63, 3.8) is 0 Å². The second-order valence-corrected chi connectivity index (χ2v) is 4.62. The third-order valence-corrected chi connectivity index (χ3v) is 2.59. The molecular weight excluding hydrogens is 204 g/mol. The fourth-order valence-electron chi connectivity index (χ4n) is 0.980. The molecule has 0 radical (unpaired) electrons. The lowest BCUT2D eigenvalue weighted by Gasteiger charge is -2.01. The van der Waals surface area contributed by atoms with E-state index in [1.807, 2.05) is 44.6 Å². The highest BCUT2D eigenvalue weighted by molar-refractivity contribution is 8.03. The quantitative estimate of drug-likeness (QED) is 0.440. The highest BCUT2D eigenvalue weighted by Crippen LogP contribution is 2.24. The average molecular weight is 220 g/mol. The molecule has 0 saturated heterocycles. The Bertz CT molecular complexity index is 342. The van der Waals surface area contributed by atoms with Crippen LogP contribution in [0.15, 0.2) is 51.3 Å². The SMILES string of the molecule is C/C(=C\C=N\N(C)C)Sc1ccccc1. The molecule has 0 spiro atoms. The fourth-order valence-corrected chi connectivity index (χ4v) is 1.77. The van der Waals surface area contributed by atoms with Gasteiger partial charge in [0.2, 0.25) is 0 Å². The van der Waals surface area contributed by atoms with Crippen LogP contribution in [0.2, 0.25) is 0 Å². The van der Waals surface area contributed by atoms with E-state index in [0.717, 1.165) is 0 Å². The van der Waals surface area contributed by atoms with E-state index in [9.17, 15) is 0 Å². The zero-order valence-electron chi connectivity index (χ0n) is 9.34. The van der Waals surface area contributed by atoms with Gasteiger partial charge in [0, 0.05) is 25.2 Å². The van der Waals surface area contributed by atoms with Gasteiger partial charge in [-0.05, 0) is 30.0 Å². The molecule has 0 aliphatic heterocycles. The van der Waals surface area contributed by atoms with Gasteiger partial charge in [0.25, 0.3) is 0 Å². The van der Waals surface area contributed by atoms with Gasteiger partial charge in [0.05, 0.1) is 0 Å². The molecule has 2 nitrogen and oxygen atoms in total. The maximum absolute atomic E-state index is 4.12. The predicted molar refractivity (Wildman–Crippen MR) is 68.2 cm³/mol. The monoisotopic (exact) mass is 220 g/mol. The minimum atomic E-state index is 1.23. The van der Waals surface area contributed by atoms with Crippen molar-refractivity contribution < 1.29 is 0 Å². The van der Waals surface area contributed by atoms with Crippen molar-refractivity contribution in [2.45, 2.75) is 11.8 Å². The largest absolute Gasteiger partial charge is 0.303 e. The summed E-state index contributed by atoms with van der Waals surface area (Å²) in [6.45, 7) is 2.08. The number of hydrogen-bond donors (Lipinski definition) is 0. The molecule has 0 aliphatic carbocycles. The van der Waals surface area contributed by atoms with E-state index in [0.29, 0.717) is 0 Å². The Morgan fingerprint density at radius 3 is 2.53 bits per heavy atom. The summed E-state index contributed by atoms with van der Waals surface area (Å²) in [5, 5.41) is 5.90. The molecule has 0 bridgehead atoms. The second kappa shape index (κ2) is 6.30. The summed E-state index contributed by atoms with van der Waals surface area (Å²) in [5.41, 5.74) is 0. The van der Waals surface area contributed by atoms with Crippen LogP contribution >= 0.6 is 11.8 Å². The molecule has 0 aliphatic rings. The van der Waals surface area contributed by atoms with Crippen molar-refractivity contribution in [2.24, 2.45) is 5.10 Å². The summed E-state index contributed by atoms with van der Waals surface area (Å²) in [6, 6.07) is 10.3. The molecule has 3 heteroatoms. The Morgan fingerprint density at radius 2 is 1.93 bits per heavy atom. The molecule has 0 fully saturated rings. The van der Waals surface area contributed by atoms with E-state index in [4.69, 9.17) is 0 Å². The first-order valence-electron chi connectivity index (χ1n) is 4.79. The normalized spacial score (nSPS) is 12.1. The first kappa shape index (κ1) is 11.9. The Morgan fingerprint density at radius 1 is 1.27 bits per heavy atom. The van der Waals surface area contributed by atoms with Crippen LogP contribution in [-0.2, 0) is 0 Å². The smallest absolute Gasteiger partial charge is 0.0478 e. The van der Waals surface area contributed by atoms with Crippen LogP contribution in [0.4, 0.5) is 0 Å². The van der Waals surface area contributed by atoms with Crippen LogP contribution in [0.5, 0.6) is 0 Å². The summed E-state index contributed by atoms with van der Waals surface area (Å²) in [4.78, 5) is 2.48. The summed E-state index contributed by atoms with van der Waals surface area (Å²) < 4.78 is 0. The lowest BCUT2D eigenvalue weighted by Crippen LogP contribution is -2.00. The van der Waals surface area contributed by atoms with E-state index in [1.54, 1.807) is 16.8 Å². The van der Waals surface area contributed by atoms with E-state index in [2.05, 4.69) is 24.2 Å². The van der Waals surface area contributed by atoms with Gasteiger partial charge in [-0.3, -0.25) is 0 Å².